The SMILES string of the molecule is COS(=O)(=O)c1ccc(C)cc1[C@H]1CCc2ccc3c(ccn3S(=O)(=O)c3ccc(C)cc3)c2O1. The van der Waals surface area contributed by atoms with Crippen LogP contribution < -0.4 is 4.74 Å². The Morgan fingerprint density at radius 2 is 1.63 bits per heavy atom. The van der Waals surface area contributed by atoms with E-state index in [2.05, 4.69) is 0 Å². The number of hydrogen-bond acceptors (Lipinski definition) is 6. The second-order valence-corrected chi connectivity index (χ2v) is 12.2. The molecule has 0 saturated heterocycles. The summed E-state index contributed by atoms with van der Waals surface area (Å²) >= 11 is 0. The highest BCUT2D eigenvalue weighted by molar-refractivity contribution is 7.90. The van der Waals surface area contributed by atoms with Gasteiger partial charge in [-0.3, -0.25) is 4.18 Å². The van der Waals surface area contributed by atoms with Crippen LogP contribution >= 0.6 is 0 Å². The molecular weight excluding hydrogens is 486 g/mol. The lowest BCUT2D eigenvalue weighted by Crippen LogP contribution is -2.19. The first-order valence-corrected chi connectivity index (χ1v) is 14.0. The van der Waals surface area contributed by atoms with Gasteiger partial charge in [-0.15, -0.1) is 0 Å². The summed E-state index contributed by atoms with van der Waals surface area (Å²) in [4.78, 5) is 0.275. The minimum absolute atomic E-state index is 0.0748. The van der Waals surface area contributed by atoms with Crippen molar-refractivity contribution in [2.45, 2.75) is 42.6 Å². The molecule has 182 valence electrons. The normalized spacial score (nSPS) is 16.1. The zero-order valence-corrected chi connectivity index (χ0v) is 21.2. The molecule has 0 radical (unpaired) electrons. The van der Waals surface area contributed by atoms with Crippen LogP contribution in [-0.4, -0.2) is 27.9 Å². The maximum absolute atomic E-state index is 13.3. The van der Waals surface area contributed by atoms with E-state index in [4.69, 9.17) is 8.92 Å². The Kier molecular flexibility index (Phi) is 5.74. The number of nitrogens with zero attached hydrogens (tertiary/aromatic N) is 1. The lowest BCUT2D eigenvalue weighted by atomic mass is 9.95. The lowest BCUT2D eigenvalue weighted by molar-refractivity contribution is 0.176. The summed E-state index contributed by atoms with van der Waals surface area (Å²) in [7, 11) is -6.59. The molecule has 0 N–H and O–H groups in total. The largest absolute Gasteiger partial charge is 0.485 e. The molecule has 1 aliphatic rings. The lowest BCUT2D eigenvalue weighted by Gasteiger charge is -2.28. The first-order valence-electron chi connectivity index (χ1n) is 11.1. The van der Waals surface area contributed by atoms with Gasteiger partial charge < -0.3 is 4.74 Å². The van der Waals surface area contributed by atoms with Gasteiger partial charge in [0.25, 0.3) is 20.1 Å². The zero-order chi connectivity index (χ0) is 25.0. The molecule has 7 nitrogen and oxygen atoms in total. The van der Waals surface area contributed by atoms with E-state index in [1.807, 2.05) is 19.9 Å². The third kappa shape index (κ3) is 4.03. The molecule has 0 amide bonds. The number of benzene rings is 3. The molecule has 2 heterocycles. The summed E-state index contributed by atoms with van der Waals surface area (Å²) in [5, 5.41) is 0.659. The van der Waals surface area contributed by atoms with E-state index in [1.54, 1.807) is 48.5 Å². The highest BCUT2D eigenvalue weighted by Crippen LogP contribution is 2.42. The molecule has 9 heteroatoms. The molecule has 1 aromatic heterocycles. The maximum atomic E-state index is 13.3. The van der Waals surface area contributed by atoms with Crippen molar-refractivity contribution in [2.75, 3.05) is 7.11 Å². The van der Waals surface area contributed by atoms with E-state index < -0.39 is 26.2 Å². The fourth-order valence-corrected chi connectivity index (χ4v) is 6.76. The summed E-state index contributed by atoms with van der Waals surface area (Å²) < 4.78 is 64.2. The quantitative estimate of drug-likeness (QED) is 0.354. The summed E-state index contributed by atoms with van der Waals surface area (Å²) in [6.45, 7) is 3.79. The van der Waals surface area contributed by atoms with Crippen molar-refractivity contribution >= 4 is 31.0 Å². The van der Waals surface area contributed by atoms with Crippen LogP contribution in [0.4, 0.5) is 0 Å². The number of fused-ring (bicyclic) bond motifs is 3. The summed E-state index contributed by atoms with van der Waals surface area (Å²) in [5.41, 5.74) is 3.85. The average molecular weight is 512 g/mol. The second kappa shape index (κ2) is 8.51. The summed E-state index contributed by atoms with van der Waals surface area (Å²) in [6.07, 6.45) is 2.24. The fraction of sp³-hybridized carbons (Fsp3) is 0.231. The highest BCUT2D eigenvalue weighted by atomic mass is 32.2. The molecule has 0 spiro atoms. The fourth-order valence-electron chi connectivity index (χ4n) is 4.52. The summed E-state index contributed by atoms with van der Waals surface area (Å²) in [5.74, 6) is 0.568. The predicted molar refractivity (Wildman–Crippen MR) is 133 cm³/mol. The standard InChI is InChI=1S/C26H25NO6S2/c1-17-4-9-20(10-5-17)34(28,29)27-15-14-21-23(27)11-7-19-8-12-24(33-26(19)21)22-16-18(2)6-13-25(22)35(30,31)32-3/h4-7,9-11,13-16,24H,8,12H2,1-3H3/t24-/m1/s1. The molecule has 0 saturated carbocycles. The van der Waals surface area contributed by atoms with Gasteiger partial charge in [-0.25, -0.2) is 12.4 Å². The molecule has 0 fully saturated rings. The average Bonchev–Trinajstić information content (AvgIpc) is 3.29. The van der Waals surface area contributed by atoms with Crippen LogP contribution in [0.2, 0.25) is 0 Å². The third-order valence-electron chi connectivity index (χ3n) is 6.38. The zero-order valence-electron chi connectivity index (χ0n) is 19.6. The van der Waals surface area contributed by atoms with Gasteiger partial charge in [0, 0.05) is 17.1 Å². The van der Waals surface area contributed by atoms with Crippen LogP contribution in [0.25, 0.3) is 10.9 Å². The van der Waals surface area contributed by atoms with Crippen molar-refractivity contribution in [1.82, 2.24) is 3.97 Å². The van der Waals surface area contributed by atoms with Crippen LogP contribution in [0.15, 0.2) is 76.7 Å². The molecule has 3 aromatic carbocycles. The van der Waals surface area contributed by atoms with Crippen LogP contribution in [0.5, 0.6) is 5.75 Å². The minimum Gasteiger partial charge on any atom is -0.485 e. The second-order valence-electron chi connectivity index (χ2n) is 8.72. The van der Waals surface area contributed by atoms with E-state index in [0.29, 0.717) is 35.1 Å². The number of aryl methyl sites for hydroxylation is 3. The first kappa shape index (κ1) is 23.6. The van der Waals surface area contributed by atoms with Gasteiger partial charge in [-0.1, -0.05) is 41.5 Å². The summed E-state index contributed by atoms with van der Waals surface area (Å²) in [6, 6.07) is 17.2. The van der Waals surface area contributed by atoms with Crippen molar-refractivity contribution in [1.29, 1.82) is 0 Å². The number of hydrogen-bond donors (Lipinski definition) is 0. The predicted octanol–water partition coefficient (Wildman–Crippen LogP) is 4.90. The van der Waals surface area contributed by atoms with Gasteiger partial charge in [0.15, 0.2) is 0 Å². The van der Waals surface area contributed by atoms with Crippen LogP contribution in [0.3, 0.4) is 0 Å². The van der Waals surface area contributed by atoms with Crippen LogP contribution in [0.1, 0.15) is 34.8 Å². The smallest absolute Gasteiger partial charge is 0.297 e. The van der Waals surface area contributed by atoms with E-state index in [9.17, 15) is 16.8 Å². The van der Waals surface area contributed by atoms with Crippen molar-refractivity contribution in [2.24, 2.45) is 0 Å². The monoisotopic (exact) mass is 511 g/mol. The Bertz CT molecular complexity index is 1650. The van der Waals surface area contributed by atoms with Gasteiger partial charge in [0.05, 0.1) is 17.5 Å². The van der Waals surface area contributed by atoms with E-state index in [-0.39, 0.29) is 9.79 Å². The Morgan fingerprint density at radius 1 is 0.914 bits per heavy atom. The molecule has 0 bridgehead atoms. The minimum atomic E-state index is -3.93. The number of ether oxygens (including phenoxy) is 1. The molecule has 5 rings (SSSR count). The highest BCUT2D eigenvalue weighted by Gasteiger charge is 2.30. The Balaban J connectivity index is 1.60. The molecule has 35 heavy (non-hydrogen) atoms. The van der Waals surface area contributed by atoms with Gasteiger partial charge >= 0.3 is 0 Å². The van der Waals surface area contributed by atoms with Crippen LogP contribution in [-0.2, 0) is 30.7 Å². The number of aromatic nitrogens is 1. The van der Waals surface area contributed by atoms with E-state index >= 15 is 0 Å². The first-order chi connectivity index (χ1) is 16.6. The molecule has 1 aliphatic heterocycles. The molecular formula is C26H25NO6S2. The Labute approximate surface area is 205 Å². The molecule has 1 atom stereocenters. The van der Waals surface area contributed by atoms with Crippen LogP contribution in [0, 0.1) is 13.8 Å². The van der Waals surface area contributed by atoms with Crippen molar-refractivity contribution in [3.05, 3.63) is 89.1 Å². The Morgan fingerprint density at radius 3 is 2.34 bits per heavy atom. The number of rotatable bonds is 5. The maximum Gasteiger partial charge on any atom is 0.297 e. The van der Waals surface area contributed by atoms with Gasteiger partial charge in [-0.2, -0.15) is 8.42 Å². The van der Waals surface area contributed by atoms with E-state index in [0.717, 1.165) is 23.8 Å². The van der Waals surface area contributed by atoms with E-state index in [1.165, 1.54) is 16.2 Å². The van der Waals surface area contributed by atoms with Gasteiger partial charge in [0.1, 0.15) is 16.7 Å². The topological polar surface area (TPSA) is 91.7 Å². The molecule has 0 aliphatic carbocycles. The molecule has 4 aromatic rings. The van der Waals surface area contributed by atoms with Crippen molar-refractivity contribution < 1.29 is 25.8 Å². The molecule has 0 unspecified atom stereocenters. The van der Waals surface area contributed by atoms with Gasteiger partial charge in [-0.05, 0) is 62.6 Å². The van der Waals surface area contributed by atoms with Crippen molar-refractivity contribution in [3.8, 4) is 5.75 Å². The van der Waals surface area contributed by atoms with Gasteiger partial charge in [0.2, 0.25) is 0 Å². The Hall–Kier alpha value is -3.14. The third-order valence-corrected chi connectivity index (χ3v) is 9.44. The van der Waals surface area contributed by atoms with Crippen molar-refractivity contribution in [3.63, 3.8) is 0 Å².